The summed E-state index contributed by atoms with van der Waals surface area (Å²) in [5, 5.41) is 9.63. The van der Waals surface area contributed by atoms with E-state index in [4.69, 9.17) is 9.84 Å². The molecular weight excluding hydrogens is 588 g/mol. The van der Waals surface area contributed by atoms with Crippen LogP contribution in [0.3, 0.4) is 0 Å². The molecule has 4 rings (SSSR count). The molecule has 4 nitrogen and oxygen atoms in total. The average molecular weight is 609 g/mol. The van der Waals surface area contributed by atoms with Crippen molar-refractivity contribution in [2.24, 2.45) is 0 Å². The van der Waals surface area contributed by atoms with E-state index < -0.39 is 0 Å². The molecule has 2 aromatic carbocycles. The van der Waals surface area contributed by atoms with Crippen LogP contribution < -0.4 is 4.74 Å². The summed E-state index contributed by atoms with van der Waals surface area (Å²) in [6, 6.07) is 27.3. The molecule has 160 valence electrons. The molecule has 0 bridgehead atoms. The summed E-state index contributed by atoms with van der Waals surface area (Å²) in [6.07, 6.45) is 3.08. The van der Waals surface area contributed by atoms with Gasteiger partial charge in [0, 0.05) is 5.33 Å². The molecule has 2 aromatic heterocycles. The Kier molecular flexibility index (Phi) is 11.9. The van der Waals surface area contributed by atoms with Crippen LogP contribution in [-0.4, -0.2) is 15.1 Å². The number of hydrogen-bond acceptors (Lipinski definition) is 4. The number of rotatable bonds is 4. The number of pyridine rings is 2. The van der Waals surface area contributed by atoms with E-state index in [1.165, 1.54) is 11.8 Å². The van der Waals surface area contributed by atoms with E-state index in [2.05, 4.69) is 69.9 Å². The molecule has 0 aliphatic rings. The zero-order valence-electron chi connectivity index (χ0n) is 16.5. The van der Waals surface area contributed by atoms with Gasteiger partial charge in [0.2, 0.25) is 0 Å². The van der Waals surface area contributed by atoms with Crippen molar-refractivity contribution in [2.75, 3.05) is 0 Å². The van der Waals surface area contributed by atoms with Gasteiger partial charge in [-0.15, -0.1) is 0 Å². The van der Waals surface area contributed by atoms with Gasteiger partial charge in [0.1, 0.15) is 27.3 Å². The zero-order valence-corrected chi connectivity index (χ0v) is 21.3. The third-order valence-electron chi connectivity index (χ3n) is 3.66. The number of nitrogens with zero attached hydrogens (tertiary/aromatic N) is 2. The summed E-state index contributed by atoms with van der Waals surface area (Å²) in [6.45, 7) is 0.574. The lowest BCUT2D eigenvalue weighted by atomic mass is 10.2. The molecule has 1 N–H and O–H groups in total. The number of alkyl halides is 1. The molecule has 0 saturated carbocycles. The lowest BCUT2D eigenvalue weighted by Gasteiger charge is -2.05. The highest BCUT2D eigenvalue weighted by Crippen LogP contribution is 2.14. The quantitative estimate of drug-likeness (QED) is 0.192. The molecule has 0 atom stereocenters. The predicted molar refractivity (Wildman–Crippen MR) is 135 cm³/mol. The molecule has 4 aromatic rings. The van der Waals surface area contributed by atoms with Crippen molar-refractivity contribution in [3.8, 4) is 11.5 Å². The van der Waals surface area contributed by atoms with Crippen LogP contribution in [0.4, 0.5) is 0 Å². The van der Waals surface area contributed by atoms with Gasteiger partial charge in [0.05, 0.1) is 12.4 Å². The highest BCUT2D eigenvalue weighted by molar-refractivity contribution is 9.10. The first-order valence-electron chi connectivity index (χ1n) is 9.25. The maximum absolute atomic E-state index is 8.67. The summed E-state index contributed by atoms with van der Waals surface area (Å²) < 4.78 is 7.11. The van der Waals surface area contributed by atoms with Crippen molar-refractivity contribution >= 4 is 47.8 Å². The standard InChI is InChI=1S/C12H10BrNO.C7H7Br.C5H4BrNO/c13-12-7-6-11(8-14-12)15-9-10-4-2-1-3-5-10;8-6-7-4-2-1-3-5-7;6-5-2-1-4(8)3-7-5/h1-8H,9H2;1-5H,6H2;1-3,8H. The fraction of sp³-hybridized carbons (Fsp3) is 0.0833. The molecule has 0 spiro atoms. The Hall–Kier alpha value is -2.22. The van der Waals surface area contributed by atoms with Crippen LogP contribution >= 0.6 is 47.8 Å². The number of aromatic hydroxyl groups is 1. The molecule has 31 heavy (non-hydrogen) atoms. The third-order valence-corrected chi connectivity index (χ3v) is 5.24. The second-order valence-corrected chi connectivity index (χ2v) is 8.23. The van der Waals surface area contributed by atoms with E-state index in [1.54, 1.807) is 18.3 Å². The van der Waals surface area contributed by atoms with Crippen LogP contribution in [0, 0.1) is 0 Å². The summed E-state index contributed by atoms with van der Waals surface area (Å²) in [5.41, 5.74) is 2.48. The van der Waals surface area contributed by atoms with Gasteiger partial charge >= 0.3 is 0 Å². The van der Waals surface area contributed by atoms with E-state index in [1.807, 2.05) is 60.7 Å². The number of benzene rings is 2. The van der Waals surface area contributed by atoms with Crippen LogP contribution in [0.2, 0.25) is 0 Å². The third kappa shape index (κ3) is 11.1. The monoisotopic (exact) mass is 606 g/mol. The first kappa shape index (κ1) is 25.0. The van der Waals surface area contributed by atoms with E-state index in [-0.39, 0.29) is 5.75 Å². The van der Waals surface area contributed by atoms with Gasteiger partial charge < -0.3 is 9.84 Å². The molecule has 0 amide bonds. The van der Waals surface area contributed by atoms with Crippen molar-refractivity contribution in [1.82, 2.24) is 9.97 Å². The second kappa shape index (κ2) is 14.7. The molecule has 2 heterocycles. The fourth-order valence-corrected chi connectivity index (χ4v) is 2.97. The molecule has 0 radical (unpaired) electrons. The van der Waals surface area contributed by atoms with Gasteiger partial charge in [0.25, 0.3) is 0 Å². The maximum atomic E-state index is 8.67. The minimum Gasteiger partial charge on any atom is -0.506 e. The summed E-state index contributed by atoms with van der Waals surface area (Å²) in [7, 11) is 0. The van der Waals surface area contributed by atoms with Crippen LogP contribution in [-0.2, 0) is 11.9 Å². The second-order valence-electron chi connectivity index (χ2n) is 6.05. The number of aromatic nitrogens is 2. The van der Waals surface area contributed by atoms with E-state index in [0.29, 0.717) is 6.61 Å². The molecule has 7 heteroatoms. The number of hydrogen-bond donors (Lipinski definition) is 1. The van der Waals surface area contributed by atoms with Crippen molar-refractivity contribution in [3.63, 3.8) is 0 Å². The minimum absolute atomic E-state index is 0.188. The Morgan fingerprint density at radius 1 is 0.677 bits per heavy atom. The zero-order chi connectivity index (χ0) is 22.3. The first-order chi connectivity index (χ1) is 15.1. The Bertz CT molecular complexity index is 964. The summed E-state index contributed by atoms with van der Waals surface area (Å²) in [5.74, 6) is 0.968. The summed E-state index contributed by atoms with van der Waals surface area (Å²) in [4.78, 5) is 7.83. The van der Waals surface area contributed by atoms with E-state index in [0.717, 1.165) is 25.8 Å². The predicted octanol–water partition coefficient (Wildman–Crippen LogP) is 7.55. The first-order valence-corrected chi connectivity index (χ1v) is 12.0. The lowest BCUT2D eigenvalue weighted by molar-refractivity contribution is 0.305. The smallest absolute Gasteiger partial charge is 0.138 e. The lowest BCUT2D eigenvalue weighted by Crippen LogP contribution is -1.95. The van der Waals surface area contributed by atoms with Crippen molar-refractivity contribution in [2.45, 2.75) is 11.9 Å². The normalized spacial score (nSPS) is 9.52. The molecule has 0 aliphatic carbocycles. The Balaban J connectivity index is 0.000000181. The molecular formula is C24H21Br3N2O2. The molecule has 0 fully saturated rings. The Morgan fingerprint density at radius 2 is 1.23 bits per heavy atom. The van der Waals surface area contributed by atoms with Gasteiger partial charge in [0.15, 0.2) is 0 Å². The number of ether oxygens (including phenoxy) is 1. The largest absolute Gasteiger partial charge is 0.506 e. The van der Waals surface area contributed by atoms with Gasteiger partial charge in [-0.25, -0.2) is 9.97 Å². The molecule has 0 aliphatic heterocycles. The van der Waals surface area contributed by atoms with Gasteiger partial charge in [-0.05, 0) is 67.3 Å². The Labute approximate surface area is 207 Å². The topological polar surface area (TPSA) is 55.2 Å². The molecule has 0 unspecified atom stereocenters. The SMILES string of the molecule is BrCc1ccccc1.Brc1ccc(OCc2ccccc2)cn1.Oc1ccc(Br)nc1. The maximum Gasteiger partial charge on any atom is 0.138 e. The fourth-order valence-electron chi connectivity index (χ4n) is 2.12. The number of halogens is 3. The molecule has 0 saturated heterocycles. The van der Waals surface area contributed by atoms with Crippen LogP contribution in [0.1, 0.15) is 11.1 Å². The van der Waals surface area contributed by atoms with Crippen LogP contribution in [0.15, 0.2) is 107 Å². The van der Waals surface area contributed by atoms with Crippen LogP contribution in [0.25, 0.3) is 0 Å². The average Bonchev–Trinajstić information content (AvgIpc) is 2.83. The highest BCUT2D eigenvalue weighted by Gasteiger charge is 1.95. The van der Waals surface area contributed by atoms with Crippen molar-refractivity contribution < 1.29 is 9.84 Å². The van der Waals surface area contributed by atoms with Gasteiger partial charge in [-0.1, -0.05) is 76.6 Å². The summed E-state index contributed by atoms with van der Waals surface area (Å²) >= 11 is 9.76. The van der Waals surface area contributed by atoms with E-state index >= 15 is 0 Å². The van der Waals surface area contributed by atoms with Gasteiger partial charge in [-0.2, -0.15) is 0 Å². The van der Waals surface area contributed by atoms with E-state index in [9.17, 15) is 0 Å². The van der Waals surface area contributed by atoms with Crippen molar-refractivity contribution in [3.05, 3.63) is 118 Å². The Morgan fingerprint density at radius 3 is 1.65 bits per heavy atom. The minimum atomic E-state index is 0.188. The van der Waals surface area contributed by atoms with Gasteiger partial charge in [-0.3, -0.25) is 0 Å². The van der Waals surface area contributed by atoms with Crippen LogP contribution in [0.5, 0.6) is 11.5 Å². The van der Waals surface area contributed by atoms with Crippen molar-refractivity contribution in [1.29, 1.82) is 0 Å². The highest BCUT2D eigenvalue weighted by atomic mass is 79.9.